The van der Waals surface area contributed by atoms with Crippen molar-refractivity contribution >= 4 is 46.3 Å². The van der Waals surface area contributed by atoms with E-state index >= 15 is 0 Å². The molecule has 1 aromatic rings. The molecular formula is C13H9FNO3S2-. The van der Waals surface area contributed by atoms with Crippen LogP contribution in [0.1, 0.15) is 12.5 Å². The van der Waals surface area contributed by atoms with E-state index in [1.54, 1.807) is 6.07 Å². The number of thioether (sulfide) groups is 1. The number of carboxylic acids is 1. The summed E-state index contributed by atoms with van der Waals surface area (Å²) in [5.41, 5.74) is 0.506. The van der Waals surface area contributed by atoms with E-state index in [1.165, 1.54) is 31.2 Å². The third kappa shape index (κ3) is 2.88. The molecule has 0 bridgehead atoms. The van der Waals surface area contributed by atoms with Gasteiger partial charge in [-0.1, -0.05) is 36.1 Å². The Hall–Kier alpha value is -1.73. The molecule has 7 heteroatoms. The average molecular weight is 310 g/mol. The first kappa shape index (κ1) is 14.7. The molecule has 0 aliphatic carbocycles. The van der Waals surface area contributed by atoms with Gasteiger partial charge in [0.25, 0.3) is 5.91 Å². The molecule has 0 N–H and O–H groups in total. The van der Waals surface area contributed by atoms with Crippen LogP contribution in [-0.4, -0.2) is 27.1 Å². The van der Waals surface area contributed by atoms with Gasteiger partial charge in [0.1, 0.15) is 10.1 Å². The summed E-state index contributed by atoms with van der Waals surface area (Å²) in [6.45, 7) is 1.32. The second-order valence-corrected chi connectivity index (χ2v) is 5.78. The molecule has 1 heterocycles. The zero-order valence-corrected chi connectivity index (χ0v) is 12.0. The summed E-state index contributed by atoms with van der Waals surface area (Å²) >= 11 is 5.98. The molecule has 1 amide bonds. The quantitative estimate of drug-likeness (QED) is 0.619. The van der Waals surface area contributed by atoms with Crippen LogP contribution in [-0.2, 0) is 9.59 Å². The number of hydrogen-bond acceptors (Lipinski definition) is 5. The van der Waals surface area contributed by atoms with Crippen LogP contribution in [0.2, 0.25) is 0 Å². The lowest BCUT2D eigenvalue weighted by atomic mass is 10.2. The predicted octanol–water partition coefficient (Wildman–Crippen LogP) is 1.17. The molecule has 0 aromatic heterocycles. The summed E-state index contributed by atoms with van der Waals surface area (Å²) in [5, 5.41) is 10.8. The molecule has 1 aliphatic rings. The van der Waals surface area contributed by atoms with E-state index in [1.807, 2.05) is 0 Å². The Labute approximate surface area is 124 Å². The smallest absolute Gasteiger partial charge is 0.266 e. The van der Waals surface area contributed by atoms with Crippen LogP contribution in [0, 0.1) is 5.82 Å². The Balaban J connectivity index is 2.30. The highest BCUT2D eigenvalue weighted by Gasteiger charge is 2.35. The summed E-state index contributed by atoms with van der Waals surface area (Å²) in [6, 6.07) is 4.58. The minimum Gasteiger partial charge on any atom is -0.548 e. The van der Waals surface area contributed by atoms with Gasteiger partial charge in [0.15, 0.2) is 0 Å². The number of rotatable bonds is 3. The van der Waals surface area contributed by atoms with Crippen LogP contribution in [0.4, 0.5) is 4.39 Å². The second kappa shape index (κ2) is 5.72. The van der Waals surface area contributed by atoms with Crippen molar-refractivity contribution in [2.24, 2.45) is 0 Å². The number of nitrogens with zero attached hydrogens (tertiary/aromatic N) is 1. The molecule has 2 rings (SSSR count). The number of carbonyl (C=O) groups excluding carboxylic acids is 2. The third-order valence-electron chi connectivity index (χ3n) is 2.70. The molecular weight excluding hydrogens is 301 g/mol. The molecule has 1 aliphatic heterocycles. The zero-order chi connectivity index (χ0) is 14.9. The molecule has 1 aromatic carbocycles. The van der Waals surface area contributed by atoms with E-state index in [0.29, 0.717) is 5.56 Å². The van der Waals surface area contributed by atoms with Crippen molar-refractivity contribution in [1.82, 2.24) is 4.90 Å². The molecule has 0 radical (unpaired) electrons. The Kier molecular flexibility index (Phi) is 4.20. The molecule has 4 nitrogen and oxygen atoms in total. The first-order chi connectivity index (χ1) is 9.40. The number of hydrogen-bond donors (Lipinski definition) is 0. The van der Waals surface area contributed by atoms with E-state index in [-0.39, 0.29) is 9.23 Å². The monoisotopic (exact) mass is 310 g/mol. The summed E-state index contributed by atoms with van der Waals surface area (Å²) in [6.07, 6.45) is 1.48. The number of carboxylic acid groups (broad SMARTS) is 1. The van der Waals surface area contributed by atoms with E-state index in [2.05, 4.69) is 0 Å². The van der Waals surface area contributed by atoms with Crippen LogP contribution >= 0.6 is 24.0 Å². The molecule has 1 saturated heterocycles. The second-order valence-electron chi connectivity index (χ2n) is 4.10. The van der Waals surface area contributed by atoms with Crippen LogP contribution in [0.15, 0.2) is 29.2 Å². The number of halogens is 1. The SMILES string of the molecule is CC(C(=O)[O-])N1C(=O)C(=Cc2cccc(F)c2)SC1=S. The topological polar surface area (TPSA) is 60.4 Å². The maximum Gasteiger partial charge on any atom is 0.266 e. The van der Waals surface area contributed by atoms with Gasteiger partial charge in [-0.25, -0.2) is 4.39 Å². The first-order valence-corrected chi connectivity index (χ1v) is 6.86. The normalized spacial score (nSPS) is 18.7. The summed E-state index contributed by atoms with van der Waals surface area (Å²) < 4.78 is 13.2. The number of aliphatic carboxylic acids is 1. The fraction of sp³-hybridized carbons (Fsp3) is 0.154. The minimum absolute atomic E-state index is 0.148. The van der Waals surface area contributed by atoms with Gasteiger partial charge in [0.05, 0.1) is 16.9 Å². The van der Waals surface area contributed by atoms with Gasteiger partial charge in [-0.3, -0.25) is 9.69 Å². The van der Waals surface area contributed by atoms with Gasteiger partial charge in [-0.2, -0.15) is 0 Å². The maximum atomic E-state index is 13.1. The molecule has 1 unspecified atom stereocenters. The van der Waals surface area contributed by atoms with Gasteiger partial charge >= 0.3 is 0 Å². The number of amides is 1. The van der Waals surface area contributed by atoms with Crippen molar-refractivity contribution in [2.45, 2.75) is 13.0 Å². The average Bonchev–Trinajstić information content (AvgIpc) is 2.63. The predicted molar refractivity (Wildman–Crippen MR) is 75.9 cm³/mol. The highest BCUT2D eigenvalue weighted by molar-refractivity contribution is 8.26. The standard InChI is InChI=1S/C13H10FNO3S2/c1-7(12(17)18)15-11(16)10(20-13(15)19)6-8-3-2-4-9(14)5-8/h2-7H,1H3,(H,17,18)/p-1. The molecule has 20 heavy (non-hydrogen) atoms. The van der Waals surface area contributed by atoms with E-state index < -0.39 is 23.7 Å². The van der Waals surface area contributed by atoms with Crippen molar-refractivity contribution in [1.29, 1.82) is 0 Å². The third-order valence-corrected chi connectivity index (χ3v) is 4.03. The van der Waals surface area contributed by atoms with Gasteiger partial charge in [0, 0.05) is 0 Å². The molecule has 0 spiro atoms. The highest BCUT2D eigenvalue weighted by atomic mass is 32.2. The number of carbonyl (C=O) groups is 2. The van der Waals surface area contributed by atoms with Crippen LogP contribution in [0.5, 0.6) is 0 Å². The van der Waals surface area contributed by atoms with E-state index in [9.17, 15) is 19.1 Å². The number of thiocarbonyl (C=S) groups is 1. The van der Waals surface area contributed by atoms with E-state index in [0.717, 1.165) is 16.7 Å². The van der Waals surface area contributed by atoms with E-state index in [4.69, 9.17) is 12.2 Å². The fourth-order valence-electron chi connectivity index (χ4n) is 1.67. The molecule has 1 fully saturated rings. The number of benzene rings is 1. The Morgan fingerprint density at radius 3 is 2.85 bits per heavy atom. The largest absolute Gasteiger partial charge is 0.548 e. The van der Waals surface area contributed by atoms with Gasteiger partial charge in [0.2, 0.25) is 0 Å². The molecule has 1 atom stereocenters. The van der Waals surface area contributed by atoms with Crippen LogP contribution < -0.4 is 5.11 Å². The zero-order valence-electron chi connectivity index (χ0n) is 10.3. The van der Waals surface area contributed by atoms with Gasteiger partial charge in [-0.05, 0) is 30.7 Å². The lowest BCUT2D eigenvalue weighted by Gasteiger charge is -2.23. The maximum absolute atomic E-state index is 13.1. The van der Waals surface area contributed by atoms with Crippen LogP contribution in [0.25, 0.3) is 6.08 Å². The van der Waals surface area contributed by atoms with Crippen molar-refractivity contribution < 1.29 is 19.1 Å². The van der Waals surface area contributed by atoms with Crippen molar-refractivity contribution in [3.05, 3.63) is 40.6 Å². The summed E-state index contributed by atoms with van der Waals surface area (Å²) in [4.78, 5) is 24.2. The minimum atomic E-state index is -1.38. The Morgan fingerprint density at radius 2 is 2.25 bits per heavy atom. The van der Waals surface area contributed by atoms with Crippen LogP contribution in [0.3, 0.4) is 0 Å². The van der Waals surface area contributed by atoms with Gasteiger partial charge in [-0.15, -0.1) is 0 Å². The summed E-state index contributed by atoms with van der Waals surface area (Å²) in [7, 11) is 0. The Morgan fingerprint density at radius 1 is 1.55 bits per heavy atom. The van der Waals surface area contributed by atoms with Crippen molar-refractivity contribution in [2.75, 3.05) is 0 Å². The van der Waals surface area contributed by atoms with Gasteiger partial charge < -0.3 is 9.90 Å². The lowest BCUT2D eigenvalue weighted by molar-refractivity contribution is -0.309. The Bertz CT molecular complexity index is 630. The lowest BCUT2D eigenvalue weighted by Crippen LogP contribution is -2.48. The molecule has 104 valence electrons. The summed E-state index contributed by atoms with van der Waals surface area (Å²) in [5.74, 6) is -2.31. The fourth-order valence-corrected chi connectivity index (χ4v) is 3.09. The van der Waals surface area contributed by atoms with Crippen molar-refractivity contribution in [3.63, 3.8) is 0 Å². The highest BCUT2D eigenvalue weighted by Crippen LogP contribution is 2.33. The van der Waals surface area contributed by atoms with Crippen molar-refractivity contribution in [3.8, 4) is 0 Å². The molecule has 0 saturated carbocycles. The first-order valence-electron chi connectivity index (χ1n) is 5.63.